The van der Waals surface area contributed by atoms with Crippen molar-refractivity contribution >= 4 is 5.97 Å². The molecule has 3 nitrogen and oxygen atoms in total. The molecule has 118 valence electrons. The Morgan fingerprint density at radius 1 is 1.29 bits per heavy atom. The maximum Gasteiger partial charge on any atom is 0.416 e. The van der Waals surface area contributed by atoms with Crippen molar-refractivity contribution in [3.05, 3.63) is 35.4 Å². The number of hydrogen-bond donors (Lipinski definition) is 2. The standard InChI is InChI=1S/C15H20F3NO2/c1-11(19-10-2-3-14(20)21)4-5-12-6-8-13(9-7-12)15(16,17)18/h6-9,11,19H,2-5,10H2,1H3,(H,20,21). The summed E-state index contributed by atoms with van der Waals surface area (Å²) in [7, 11) is 0. The fourth-order valence-corrected chi connectivity index (χ4v) is 1.93. The van der Waals surface area contributed by atoms with Crippen molar-refractivity contribution in [2.24, 2.45) is 0 Å². The second-order valence-corrected chi connectivity index (χ2v) is 5.09. The fourth-order valence-electron chi connectivity index (χ4n) is 1.93. The Morgan fingerprint density at radius 2 is 1.90 bits per heavy atom. The zero-order valence-corrected chi connectivity index (χ0v) is 11.9. The third kappa shape index (κ3) is 7.13. The minimum absolute atomic E-state index is 0.138. The molecule has 0 bridgehead atoms. The van der Waals surface area contributed by atoms with Gasteiger partial charge in [-0.25, -0.2) is 0 Å². The van der Waals surface area contributed by atoms with Gasteiger partial charge in [-0.05, 0) is 50.4 Å². The lowest BCUT2D eigenvalue weighted by Crippen LogP contribution is -2.27. The van der Waals surface area contributed by atoms with Gasteiger partial charge in [-0.3, -0.25) is 4.79 Å². The molecule has 1 unspecified atom stereocenters. The van der Waals surface area contributed by atoms with Crippen LogP contribution in [0.25, 0.3) is 0 Å². The van der Waals surface area contributed by atoms with E-state index in [-0.39, 0.29) is 12.5 Å². The molecule has 0 amide bonds. The maximum absolute atomic E-state index is 12.4. The molecule has 0 spiro atoms. The van der Waals surface area contributed by atoms with E-state index < -0.39 is 17.7 Å². The molecule has 0 fully saturated rings. The topological polar surface area (TPSA) is 49.3 Å². The molecule has 2 N–H and O–H groups in total. The van der Waals surface area contributed by atoms with E-state index in [9.17, 15) is 18.0 Å². The third-order valence-electron chi connectivity index (χ3n) is 3.21. The van der Waals surface area contributed by atoms with Gasteiger partial charge in [0, 0.05) is 12.5 Å². The van der Waals surface area contributed by atoms with E-state index in [1.54, 1.807) is 0 Å². The molecule has 0 aliphatic rings. The van der Waals surface area contributed by atoms with Gasteiger partial charge >= 0.3 is 12.1 Å². The lowest BCUT2D eigenvalue weighted by atomic mass is 10.0. The van der Waals surface area contributed by atoms with Gasteiger partial charge in [-0.2, -0.15) is 13.2 Å². The molecule has 0 aliphatic carbocycles. The van der Waals surface area contributed by atoms with Gasteiger partial charge in [0.05, 0.1) is 5.56 Å². The second-order valence-electron chi connectivity index (χ2n) is 5.09. The maximum atomic E-state index is 12.4. The van der Waals surface area contributed by atoms with Gasteiger partial charge in [0.15, 0.2) is 0 Å². The average Bonchev–Trinajstić information content (AvgIpc) is 2.40. The van der Waals surface area contributed by atoms with Crippen LogP contribution in [0.4, 0.5) is 13.2 Å². The highest BCUT2D eigenvalue weighted by Gasteiger charge is 2.29. The van der Waals surface area contributed by atoms with E-state index in [1.807, 2.05) is 6.92 Å². The largest absolute Gasteiger partial charge is 0.481 e. The van der Waals surface area contributed by atoms with Crippen LogP contribution in [0.5, 0.6) is 0 Å². The van der Waals surface area contributed by atoms with E-state index in [1.165, 1.54) is 12.1 Å². The summed E-state index contributed by atoms with van der Waals surface area (Å²) in [6.45, 7) is 2.60. The molecule has 0 radical (unpaired) electrons. The Hall–Kier alpha value is -1.56. The minimum atomic E-state index is -4.29. The molecule has 6 heteroatoms. The van der Waals surface area contributed by atoms with E-state index >= 15 is 0 Å². The highest BCUT2D eigenvalue weighted by molar-refractivity contribution is 5.66. The Kier molecular flexibility index (Phi) is 6.68. The molecule has 0 heterocycles. The summed E-state index contributed by atoms with van der Waals surface area (Å²) in [5.74, 6) is -0.811. The second kappa shape index (κ2) is 8.02. The van der Waals surface area contributed by atoms with Gasteiger partial charge in [0.1, 0.15) is 0 Å². The molecule has 0 saturated carbocycles. The fraction of sp³-hybridized carbons (Fsp3) is 0.533. The number of carbonyl (C=O) groups is 1. The number of benzene rings is 1. The van der Waals surface area contributed by atoms with Crippen molar-refractivity contribution in [1.82, 2.24) is 5.32 Å². The first kappa shape index (κ1) is 17.5. The van der Waals surface area contributed by atoms with Crippen LogP contribution in [0.2, 0.25) is 0 Å². The molecular formula is C15H20F3NO2. The molecule has 0 aliphatic heterocycles. The molecule has 1 aromatic rings. The number of carboxylic acid groups (broad SMARTS) is 1. The number of rotatable bonds is 8. The van der Waals surface area contributed by atoms with Gasteiger partial charge in [-0.15, -0.1) is 0 Å². The predicted octanol–water partition coefficient (Wildman–Crippen LogP) is 3.48. The van der Waals surface area contributed by atoms with Gasteiger partial charge in [-0.1, -0.05) is 12.1 Å². The zero-order chi connectivity index (χ0) is 15.9. The zero-order valence-electron chi connectivity index (χ0n) is 11.9. The van der Waals surface area contributed by atoms with Crippen molar-refractivity contribution in [3.8, 4) is 0 Å². The SMILES string of the molecule is CC(CCc1ccc(C(F)(F)F)cc1)NCCCC(=O)O. The molecule has 0 aromatic heterocycles. The van der Waals surface area contributed by atoms with Crippen LogP contribution in [0.3, 0.4) is 0 Å². The Balaban J connectivity index is 2.29. The van der Waals surface area contributed by atoms with Crippen molar-refractivity contribution in [1.29, 1.82) is 0 Å². The summed E-state index contributed by atoms with van der Waals surface area (Å²) in [5.41, 5.74) is 0.230. The summed E-state index contributed by atoms with van der Waals surface area (Å²) in [4.78, 5) is 10.3. The van der Waals surface area contributed by atoms with Gasteiger partial charge < -0.3 is 10.4 Å². The predicted molar refractivity (Wildman–Crippen MR) is 74.1 cm³/mol. The van der Waals surface area contributed by atoms with E-state index in [2.05, 4.69) is 5.32 Å². The Bertz CT molecular complexity index is 443. The van der Waals surface area contributed by atoms with Crippen molar-refractivity contribution in [3.63, 3.8) is 0 Å². The highest BCUT2D eigenvalue weighted by atomic mass is 19.4. The van der Waals surface area contributed by atoms with Crippen LogP contribution in [-0.2, 0) is 17.4 Å². The summed E-state index contributed by atoms with van der Waals surface area (Å²) in [5, 5.41) is 11.7. The molecular weight excluding hydrogens is 283 g/mol. The van der Waals surface area contributed by atoms with E-state index in [0.29, 0.717) is 19.4 Å². The Labute approximate surface area is 122 Å². The van der Waals surface area contributed by atoms with Crippen LogP contribution in [0.1, 0.15) is 37.3 Å². The number of aryl methyl sites for hydroxylation is 1. The van der Waals surface area contributed by atoms with Crippen molar-refractivity contribution in [2.75, 3.05) is 6.54 Å². The van der Waals surface area contributed by atoms with Crippen LogP contribution in [-0.4, -0.2) is 23.7 Å². The molecule has 1 aromatic carbocycles. The first-order valence-electron chi connectivity index (χ1n) is 6.90. The van der Waals surface area contributed by atoms with Gasteiger partial charge in [0.2, 0.25) is 0 Å². The molecule has 21 heavy (non-hydrogen) atoms. The normalized spacial score (nSPS) is 13.1. The van der Waals surface area contributed by atoms with Crippen LogP contribution in [0.15, 0.2) is 24.3 Å². The van der Waals surface area contributed by atoms with Crippen LogP contribution in [0, 0.1) is 0 Å². The lowest BCUT2D eigenvalue weighted by molar-refractivity contribution is -0.138. The number of halogens is 3. The van der Waals surface area contributed by atoms with E-state index in [0.717, 1.165) is 24.1 Å². The quantitative estimate of drug-likeness (QED) is 0.723. The van der Waals surface area contributed by atoms with Crippen molar-refractivity contribution < 1.29 is 23.1 Å². The van der Waals surface area contributed by atoms with Crippen LogP contribution >= 0.6 is 0 Å². The summed E-state index contributed by atoms with van der Waals surface area (Å²) in [6.07, 6.45) is -2.11. The highest BCUT2D eigenvalue weighted by Crippen LogP contribution is 2.29. The average molecular weight is 303 g/mol. The summed E-state index contributed by atoms with van der Waals surface area (Å²) >= 11 is 0. The molecule has 1 atom stereocenters. The van der Waals surface area contributed by atoms with Crippen LogP contribution < -0.4 is 5.32 Å². The first-order chi connectivity index (χ1) is 9.79. The first-order valence-corrected chi connectivity index (χ1v) is 6.90. The van der Waals surface area contributed by atoms with E-state index in [4.69, 9.17) is 5.11 Å². The number of carboxylic acids is 1. The molecule has 0 saturated heterocycles. The number of alkyl halides is 3. The Morgan fingerprint density at radius 3 is 2.43 bits per heavy atom. The number of hydrogen-bond acceptors (Lipinski definition) is 2. The number of nitrogens with one attached hydrogen (secondary N) is 1. The summed E-state index contributed by atoms with van der Waals surface area (Å²) < 4.78 is 37.2. The van der Waals surface area contributed by atoms with Gasteiger partial charge in [0.25, 0.3) is 0 Å². The smallest absolute Gasteiger partial charge is 0.416 e. The van der Waals surface area contributed by atoms with Crippen molar-refractivity contribution in [2.45, 2.75) is 44.8 Å². The monoisotopic (exact) mass is 303 g/mol. The number of aliphatic carboxylic acids is 1. The lowest BCUT2D eigenvalue weighted by Gasteiger charge is -2.13. The summed E-state index contributed by atoms with van der Waals surface area (Å²) in [6, 6.07) is 5.39. The molecule has 1 rings (SSSR count). The third-order valence-corrected chi connectivity index (χ3v) is 3.21. The minimum Gasteiger partial charge on any atom is -0.481 e.